The van der Waals surface area contributed by atoms with Gasteiger partial charge in [-0.05, 0) is 33.6 Å². The van der Waals surface area contributed by atoms with Crippen molar-refractivity contribution in [1.82, 2.24) is 9.80 Å². The predicted octanol–water partition coefficient (Wildman–Crippen LogP) is 1.01. The highest BCUT2D eigenvalue weighted by Crippen LogP contribution is 2.02. The summed E-state index contributed by atoms with van der Waals surface area (Å²) in [6.07, 6.45) is 1.78. The summed E-state index contributed by atoms with van der Waals surface area (Å²) in [5, 5.41) is 8.89. The molecule has 0 saturated heterocycles. The van der Waals surface area contributed by atoms with E-state index in [1.54, 1.807) is 0 Å². The normalized spacial score (nSPS) is 13.7. The third kappa shape index (κ3) is 7.17. The Morgan fingerprint density at radius 1 is 1.19 bits per heavy atom. The zero-order valence-electron chi connectivity index (χ0n) is 11.3. The van der Waals surface area contributed by atoms with Gasteiger partial charge in [-0.25, -0.2) is 0 Å². The molecule has 0 aromatic rings. The van der Waals surface area contributed by atoms with E-state index >= 15 is 0 Å². The molecule has 0 aromatic heterocycles. The van der Waals surface area contributed by atoms with E-state index in [-0.39, 0.29) is 12.8 Å². The first-order valence-corrected chi connectivity index (χ1v) is 6.26. The number of hydrogen-bond acceptors (Lipinski definition) is 4. The van der Waals surface area contributed by atoms with Crippen LogP contribution in [-0.4, -0.2) is 68.1 Å². The Morgan fingerprint density at radius 3 is 2.25 bits per heavy atom. The van der Waals surface area contributed by atoms with Crippen molar-refractivity contribution in [3.8, 4) is 0 Å². The highest BCUT2D eigenvalue weighted by Gasteiger charge is 2.10. The largest absolute Gasteiger partial charge is 0.396 e. The van der Waals surface area contributed by atoms with E-state index in [0.29, 0.717) is 6.42 Å². The maximum atomic E-state index is 8.89. The Balaban J connectivity index is 3.61. The van der Waals surface area contributed by atoms with Crippen molar-refractivity contribution in [3.63, 3.8) is 0 Å². The summed E-state index contributed by atoms with van der Waals surface area (Å²) in [5.74, 6) is 0. The summed E-state index contributed by atoms with van der Waals surface area (Å²) in [4.78, 5) is 4.40. The van der Waals surface area contributed by atoms with Gasteiger partial charge in [-0.15, -0.1) is 0 Å². The summed E-state index contributed by atoms with van der Waals surface area (Å²) < 4.78 is 5.72. The van der Waals surface area contributed by atoms with Gasteiger partial charge in [-0.3, -0.25) is 4.90 Å². The molecule has 0 aliphatic heterocycles. The number of rotatable bonds is 10. The van der Waals surface area contributed by atoms with E-state index in [4.69, 9.17) is 9.84 Å². The van der Waals surface area contributed by atoms with Gasteiger partial charge < -0.3 is 14.7 Å². The minimum atomic E-state index is 0.0432. The second kappa shape index (κ2) is 10.0. The number of aliphatic hydroxyl groups excluding tert-OH is 1. The lowest BCUT2D eigenvalue weighted by atomic mass is 10.3. The van der Waals surface area contributed by atoms with Crippen LogP contribution in [0.1, 0.15) is 26.7 Å². The molecule has 0 fully saturated rings. The van der Waals surface area contributed by atoms with E-state index in [0.717, 1.165) is 32.7 Å². The fraction of sp³-hybridized carbons (Fsp3) is 1.00. The number of ether oxygens (including phenoxy) is 1. The third-order valence-corrected chi connectivity index (χ3v) is 2.78. The molecule has 0 rings (SSSR count). The molecule has 16 heavy (non-hydrogen) atoms. The minimum absolute atomic E-state index is 0.0432. The van der Waals surface area contributed by atoms with E-state index in [2.05, 4.69) is 18.7 Å². The van der Waals surface area contributed by atoms with E-state index < -0.39 is 0 Å². The third-order valence-electron chi connectivity index (χ3n) is 2.78. The molecule has 1 N–H and O–H groups in total. The fourth-order valence-electron chi connectivity index (χ4n) is 1.65. The molecule has 0 heterocycles. The molecule has 4 heteroatoms. The van der Waals surface area contributed by atoms with Crippen LogP contribution in [0.4, 0.5) is 0 Å². The molecule has 0 saturated carbocycles. The highest BCUT2D eigenvalue weighted by atomic mass is 16.5. The summed E-state index contributed by atoms with van der Waals surface area (Å²) in [6, 6.07) is 0. The van der Waals surface area contributed by atoms with Crippen LogP contribution in [0.25, 0.3) is 0 Å². The molecular formula is C12H28N2O2. The minimum Gasteiger partial charge on any atom is -0.396 e. The molecule has 1 unspecified atom stereocenters. The van der Waals surface area contributed by atoms with Crippen LogP contribution in [0, 0.1) is 0 Å². The van der Waals surface area contributed by atoms with Crippen molar-refractivity contribution in [2.75, 3.05) is 46.9 Å². The van der Waals surface area contributed by atoms with Crippen molar-refractivity contribution < 1.29 is 9.84 Å². The molecule has 0 aliphatic rings. The Labute approximate surface area is 100 Å². The van der Waals surface area contributed by atoms with Gasteiger partial charge in [0.25, 0.3) is 0 Å². The quantitative estimate of drug-likeness (QED) is 0.450. The van der Waals surface area contributed by atoms with Gasteiger partial charge in [0.1, 0.15) is 6.23 Å². The lowest BCUT2D eigenvalue weighted by Gasteiger charge is -2.24. The monoisotopic (exact) mass is 232 g/mol. The Bertz CT molecular complexity index is 150. The number of hydrogen-bond donors (Lipinski definition) is 1. The van der Waals surface area contributed by atoms with Crippen molar-refractivity contribution >= 4 is 0 Å². The van der Waals surface area contributed by atoms with Crippen LogP contribution in [0.2, 0.25) is 0 Å². The molecule has 0 radical (unpaired) electrons. The van der Waals surface area contributed by atoms with Crippen LogP contribution in [0.3, 0.4) is 0 Å². The lowest BCUT2D eigenvalue weighted by Crippen LogP contribution is -2.33. The second-order valence-electron chi connectivity index (χ2n) is 4.18. The standard InChI is InChI=1S/C12H28N2O2/c1-5-14(6-2)9-7-11-16-12(8-10-15)13(3)4/h12,15H,5-11H2,1-4H3. The molecule has 1 atom stereocenters. The zero-order chi connectivity index (χ0) is 12.4. The summed E-state index contributed by atoms with van der Waals surface area (Å²) >= 11 is 0. The van der Waals surface area contributed by atoms with Crippen molar-refractivity contribution in [2.45, 2.75) is 32.9 Å². The molecule has 98 valence electrons. The van der Waals surface area contributed by atoms with E-state index in [1.807, 2.05) is 19.0 Å². The van der Waals surface area contributed by atoms with Crippen molar-refractivity contribution in [2.24, 2.45) is 0 Å². The lowest BCUT2D eigenvalue weighted by molar-refractivity contribution is -0.0506. The second-order valence-corrected chi connectivity index (χ2v) is 4.18. The van der Waals surface area contributed by atoms with Crippen molar-refractivity contribution in [3.05, 3.63) is 0 Å². The van der Waals surface area contributed by atoms with Gasteiger partial charge in [0, 0.05) is 26.2 Å². The molecule has 4 nitrogen and oxygen atoms in total. The zero-order valence-corrected chi connectivity index (χ0v) is 11.3. The van der Waals surface area contributed by atoms with Crippen LogP contribution >= 0.6 is 0 Å². The Kier molecular flexibility index (Phi) is 9.92. The summed E-state index contributed by atoms with van der Waals surface area (Å²) in [5.41, 5.74) is 0. The average molecular weight is 232 g/mol. The number of nitrogens with zero attached hydrogens (tertiary/aromatic N) is 2. The summed E-state index contributed by atoms with van der Waals surface area (Å²) in [6.45, 7) is 8.59. The first kappa shape index (κ1) is 15.8. The molecule has 0 aromatic carbocycles. The smallest absolute Gasteiger partial charge is 0.112 e. The Morgan fingerprint density at radius 2 is 1.81 bits per heavy atom. The Hall–Kier alpha value is -0.160. The van der Waals surface area contributed by atoms with Crippen LogP contribution in [-0.2, 0) is 4.74 Å². The topological polar surface area (TPSA) is 35.9 Å². The van der Waals surface area contributed by atoms with Gasteiger partial charge in [0.2, 0.25) is 0 Å². The van der Waals surface area contributed by atoms with Crippen LogP contribution in [0.5, 0.6) is 0 Å². The van der Waals surface area contributed by atoms with Gasteiger partial charge in [-0.1, -0.05) is 13.8 Å². The van der Waals surface area contributed by atoms with Crippen LogP contribution in [0.15, 0.2) is 0 Å². The average Bonchev–Trinajstić information content (AvgIpc) is 2.27. The maximum Gasteiger partial charge on any atom is 0.112 e. The molecular weight excluding hydrogens is 204 g/mol. The summed E-state index contributed by atoms with van der Waals surface area (Å²) in [7, 11) is 3.95. The van der Waals surface area contributed by atoms with Crippen LogP contribution < -0.4 is 0 Å². The maximum absolute atomic E-state index is 8.89. The molecule has 0 aliphatic carbocycles. The van der Waals surface area contributed by atoms with E-state index in [9.17, 15) is 0 Å². The van der Waals surface area contributed by atoms with Crippen molar-refractivity contribution in [1.29, 1.82) is 0 Å². The van der Waals surface area contributed by atoms with E-state index in [1.165, 1.54) is 0 Å². The van der Waals surface area contributed by atoms with Gasteiger partial charge >= 0.3 is 0 Å². The number of aliphatic hydroxyl groups is 1. The van der Waals surface area contributed by atoms with Gasteiger partial charge in [0.15, 0.2) is 0 Å². The highest BCUT2D eigenvalue weighted by molar-refractivity contribution is 4.56. The molecule has 0 spiro atoms. The fourth-order valence-corrected chi connectivity index (χ4v) is 1.65. The molecule has 0 bridgehead atoms. The van der Waals surface area contributed by atoms with Gasteiger partial charge in [-0.2, -0.15) is 0 Å². The first-order valence-electron chi connectivity index (χ1n) is 6.26. The first-order chi connectivity index (χ1) is 7.65. The SMILES string of the molecule is CCN(CC)CCCOC(CCO)N(C)C. The predicted molar refractivity (Wildman–Crippen MR) is 67.5 cm³/mol. The van der Waals surface area contributed by atoms with Gasteiger partial charge in [0.05, 0.1) is 0 Å². The molecule has 0 amide bonds.